The van der Waals surface area contributed by atoms with Crippen LogP contribution >= 0.6 is 0 Å². The maximum absolute atomic E-state index is 14.0. The van der Waals surface area contributed by atoms with E-state index in [1.807, 2.05) is 0 Å². The van der Waals surface area contributed by atoms with E-state index in [1.165, 1.54) is 40.2 Å². The average Bonchev–Trinajstić information content (AvgIpc) is 3.27. The number of aromatic nitrogens is 3. The number of amides is 1. The fourth-order valence-electron chi connectivity index (χ4n) is 3.77. The Morgan fingerprint density at radius 1 is 1.09 bits per heavy atom. The summed E-state index contributed by atoms with van der Waals surface area (Å²) in [7, 11) is 0. The smallest absolute Gasteiger partial charge is 0.338 e. The molecule has 8 nitrogen and oxygen atoms in total. The molecule has 0 aliphatic carbocycles. The summed E-state index contributed by atoms with van der Waals surface area (Å²) >= 11 is 0. The maximum atomic E-state index is 14.0. The van der Waals surface area contributed by atoms with Gasteiger partial charge in [0.1, 0.15) is 36.4 Å². The topological polar surface area (TPSA) is 89.3 Å². The molecule has 1 unspecified atom stereocenters. The van der Waals surface area contributed by atoms with Crippen molar-refractivity contribution in [1.82, 2.24) is 14.8 Å². The van der Waals surface area contributed by atoms with Gasteiger partial charge in [0.25, 0.3) is 0 Å². The maximum Gasteiger partial charge on any atom is 0.338 e. The van der Waals surface area contributed by atoms with Crippen molar-refractivity contribution in [2.45, 2.75) is 19.9 Å². The quantitative estimate of drug-likeness (QED) is 0.553. The van der Waals surface area contributed by atoms with Crippen LogP contribution in [0.5, 0.6) is 0 Å². The highest BCUT2D eigenvalue weighted by Crippen LogP contribution is 2.38. The summed E-state index contributed by atoms with van der Waals surface area (Å²) in [5.41, 5.74) is 0.921. The third-order valence-electron chi connectivity index (χ3n) is 5.30. The highest BCUT2D eigenvalue weighted by atomic mass is 19.1. The molecule has 1 aliphatic rings. The van der Waals surface area contributed by atoms with Crippen LogP contribution in [0.15, 0.2) is 60.1 Å². The minimum absolute atomic E-state index is 0.111. The van der Waals surface area contributed by atoms with Gasteiger partial charge in [-0.1, -0.05) is 12.1 Å². The number of fused-ring (bicyclic) bond motifs is 1. The summed E-state index contributed by atoms with van der Waals surface area (Å²) in [5, 5.41) is 6.61. The average molecular weight is 471 g/mol. The van der Waals surface area contributed by atoms with E-state index in [1.54, 1.807) is 13.8 Å². The van der Waals surface area contributed by atoms with E-state index >= 15 is 0 Å². The van der Waals surface area contributed by atoms with Crippen molar-refractivity contribution < 1.29 is 27.5 Å². The molecule has 2 aromatic carbocycles. The molecule has 0 radical (unpaired) electrons. The first-order valence-corrected chi connectivity index (χ1v) is 10.4. The van der Waals surface area contributed by atoms with E-state index in [2.05, 4.69) is 15.4 Å². The lowest BCUT2D eigenvalue weighted by molar-refractivity contribution is -0.139. The van der Waals surface area contributed by atoms with Gasteiger partial charge in [0.05, 0.1) is 17.9 Å². The van der Waals surface area contributed by atoms with Crippen LogP contribution in [0, 0.1) is 17.5 Å². The Bertz CT molecular complexity index is 1270. The molecular weight excluding hydrogens is 451 g/mol. The standard InChI is InChI=1S/C23H20F3N5O3/c1-3-34-22(33)20-13(2)30(11-19(32)29-18-9-8-16(25)10-17(18)26)23-27-12-28-31(23)21(20)14-4-6-15(24)7-5-14/h4-10,12,21H,3,11H2,1-2H3,(H,29,32). The molecule has 2 heterocycles. The zero-order valence-electron chi connectivity index (χ0n) is 18.3. The predicted molar refractivity (Wildman–Crippen MR) is 116 cm³/mol. The molecule has 0 saturated carbocycles. The molecule has 1 amide bonds. The Labute approximate surface area is 192 Å². The highest BCUT2D eigenvalue weighted by Gasteiger charge is 2.38. The van der Waals surface area contributed by atoms with Crippen LogP contribution in [-0.2, 0) is 14.3 Å². The molecule has 34 heavy (non-hydrogen) atoms. The van der Waals surface area contributed by atoms with E-state index in [0.29, 0.717) is 17.3 Å². The van der Waals surface area contributed by atoms with E-state index < -0.39 is 35.4 Å². The SMILES string of the molecule is CCOC(=O)C1=C(C)N(CC(=O)Nc2ccc(F)cc2F)c2ncnn2C1c1ccc(F)cc1. The number of halogens is 3. The summed E-state index contributed by atoms with van der Waals surface area (Å²) < 4.78 is 47.4. The normalized spacial score (nSPS) is 15.2. The van der Waals surface area contributed by atoms with Crippen molar-refractivity contribution in [3.63, 3.8) is 0 Å². The Hall–Kier alpha value is -4.15. The monoisotopic (exact) mass is 471 g/mol. The Balaban J connectivity index is 1.72. The van der Waals surface area contributed by atoms with Crippen LogP contribution in [0.25, 0.3) is 0 Å². The number of carbonyl (C=O) groups is 2. The molecule has 1 atom stereocenters. The third kappa shape index (κ3) is 4.36. The number of anilines is 2. The van der Waals surface area contributed by atoms with E-state index in [9.17, 15) is 22.8 Å². The minimum Gasteiger partial charge on any atom is -0.463 e. The zero-order valence-corrected chi connectivity index (χ0v) is 18.3. The molecule has 0 bridgehead atoms. The van der Waals surface area contributed by atoms with Gasteiger partial charge in [0.2, 0.25) is 11.9 Å². The van der Waals surface area contributed by atoms with Gasteiger partial charge < -0.3 is 15.0 Å². The minimum atomic E-state index is -0.925. The Morgan fingerprint density at radius 3 is 2.47 bits per heavy atom. The van der Waals surface area contributed by atoms with Crippen molar-refractivity contribution in [1.29, 1.82) is 0 Å². The third-order valence-corrected chi connectivity index (χ3v) is 5.30. The van der Waals surface area contributed by atoms with Gasteiger partial charge in [0, 0.05) is 11.8 Å². The summed E-state index contributed by atoms with van der Waals surface area (Å²) in [6, 6.07) is 7.60. The first-order valence-electron chi connectivity index (χ1n) is 10.4. The van der Waals surface area contributed by atoms with Crippen LogP contribution in [0.3, 0.4) is 0 Å². The molecule has 11 heteroatoms. The fourth-order valence-corrected chi connectivity index (χ4v) is 3.77. The molecule has 0 spiro atoms. The number of esters is 1. The second kappa shape index (κ2) is 9.38. The lowest BCUT2D eigenvalue weighted by Gasteiger charge is -2.35. The molecule has 3 aromatic rings. The number of carbonyl (C=O) groups excluding carboxylic acids is 2. The predicted octanol–water partition coefficient (Wildman–Crippen LogP) is 3.58. The van der Waals surface area contributed by atoms with Gasteiger partial charge in [-0.3, -0.25) is 4.79 Å². The summed E-state index contributed by atoms with van der Waals surface area (Å²) in [6.45, 7) is 3.04. The second-order valence-corrected chi connectivity index (χ2v) is 7.44. The van der Waals surface area contributed by atoms with Crippen molar-refractivity contribution >= 4 is 23.5 Å². The molecule has 1 aliphatic heterocycles. The van der Waals surface area contributed by atoms with Crippen molar-refractivity contribution in [3.05, 3.63) is 83.1 Å². The molecular formula is C23H20F3N5O3. The first kappa shape index (κ1) is 23.0. The molecule has 1 aromatic heterocycles. The molecule has 176 valence electrons. The van der Waals surface area contributed by atoms with Crippen molar-refractivity contribution in [2.75, 3.05) is 23.4 Å². The van der Waals surface area contributed by atoms with E-state index in [4.69, 9.17) is 4.74 Å². The second-order valence-electron chi connectivity index (χ2n) is 7.44. The highest BCUT2D eigenvalue weighted by molar-refractivity contribution is 5.96. The van der Waals surface area contributed by atoms with E-state index in [0.717, 1.165) is 12.1 Å². The lowest BCUT2D eigenvalue weighted by Crippen LogP contribution is -2.41. The zero-order chi connectivity index (χ0) is 24.4. The number of hydrogen-bond donors (Lipinski definition) is 1. The summed E-state index contributed by atoms with van der Waals surface area (Å²) in [4.78, 5) is 31.4. The lowest BCUT2D eigenvalue weighted by atomic mass is 9.95. The van der Waals surface area contributed by atoms with Gasteiger partial charge in [0.15, 0.2) is 0 Å². The van der Waals surface area contributed by atoms with Gasteiger partial charge in [-0.2, -0.15) is 10.1 Å². The van der Waals surface area contributed by atoms with Crippen molar-refractivity contribution in [3.8, 4) is 0 Å². The molecule has 1 N–H and O–H groups in total. The number of rotatable bonds is 6. The summed E-state index contributed by atoms with van der Waals surface area (Å²) in [6.07, 6.45) is 1.26. The van der Waals surface area contributed by atoms with Crippen LogP contribution in [0.4, 0.5) is 24.8 Å². The molecule has 0 saturated heterocycles. The van der Waals surface area contributed by atoms with Crippen LogP contribution < -0.4 is 10.2 Å². The Morgan fingerprint density at radius 2 is 1.79 bits per heavy atom. The number of benzene rings is 2. The van der Waals surface area contributed by atoms with Gasteiger partial charge >= 0.3 is 5.97 Å². The summed E-state index contributed by atoms with van der Waals surface area (Å²) in [5.74, 6) is -3.17. The van der Waals surface area contributed by atoms with E-state index in [-0.39, 0.29) is 30.4 Å². The van der Waals surface area contributed by atoms with Gasteiger partial charge in [-0.25, -0.2) is 22.6 Å². The first-order chi connectivity index (χ1) is 16.3. The van der Waals surface area contributed by atoms with Crippen LogP contribution in [-0.4, -0.2) is 39.8 Å². The largest absolute Gasteiger partial charge is 0.463 e. The number of allylic oxidation sites excluding steroid dienone is 1. The van der Waals surface area contributed by atoms with Gasteiger partial charge in [-0.05, 0) is 43.7 Å². The molecule has 0 fully saturated rings. The number of hydrogen-bond acceptors (Lipinski definition) is 6. The fraction of sp³-hybridized carbons (Fsp3) is 0.217. The van der Waals surface area contributed by atoms with Crippen molar-refractivity contribution in [2.24, 2.45) is 0 Å². The van der Waals surface area contributed by atoms with Crippen LogP contribution in [0.1, 0.15) is 25.5 Å². The Kier molecular flexibility index (Phi) is 6.35. The van der Waals surface area contributed by atoms with Gasteiger partial charge in [-0.15, -0.1) is 0 Å². The number of nitrogens with one attached hydrogen (secondary N) is 1. The van der Waals surface area contributed by atoms with Crippen LogP contribution in [0.2, 0.25) is 0 Å². The number of ether oxygens (including phenoxy) is 1. The number of nitrogens with zero attached hydrogens (tertiary/aromatic N) is 4. The molecule has 4 rings (SSSR count).